The Morgan fingerprint density at radius 3 is 2.48 bits per heavy atom. The molecule has 23 heavy (non-hydrogen) atoms. The van der Waals surface area contributed by atoms with Crippen LogP contribution in [0.25, 0.3) is 10.2 Å². The highest BCUT2D eigenvalue weighted by atomic mass is 32.1. The predicted octanol–water partition coefficient (Wildman–Crippen LogP) is 4.24. The zero-order chi connectivity index (χ0) is 16.4. The average Bonchev–Trinajstić information content (AvgIpc) is 2.95. The summed E-state index contributed by atoms with van der Waals surface area (Å²) < 4.78 is 6.59. The van der Waals surface area contributed by atoms with E-state index < -0.39 is 0 Å². The maximum Gasteiger partial charge on any atom is 0.264 e. The zero-order valence-corrected chi connectivity index (χ0v) is 14.2. The minimum absolute atomic E-state index is 0.0308. The molecule has 0 unspecified atom stereocenters. The maximum atomic E-state index is 12.0. The van der Waals surface area contributed by atoms with E-state index in [1.165, 1.54) is 16.9 Å². The summed E-state index contributed by atoms with van der Waals surface area (Å²) in [5, 5.41) is 3.42. The Bertz CT molecular complexity index is 814. The number of amides is 1. The molecule has 0 aliphatic heterocycles. The number of aromatic nitrogens is 1. The van der Waals surface area contributed by atoms with Gasteiger partial charge in [-0.3, -0.25) is 10.1 Å². The van der Waals surface area contributed by atoms with Gasteiger partial charge in [0, 0.05) is 0 Å². The summed E-state index contributed by atoms with van der Waals surface area (Å²) in [7, 11) is 0. The molecule has 0 atom stereocenters. The van der Waals surface area contributed by atoms with Crippen molar-refractivity contribution in [1.29, 1.82) is 0 Å². The van der Waals surface area contributed by atoms with Gasteiger partial charge in [-0.25, -0.2) is 4.98 Å². The van der Waals surface area contributed by atoms with Crippen molar-refractivity contribution >= 4 is 32.6 Å². The smallest absolute Gasteiger partial charge is 0.264 e. The molecule has 2 aromatic carbocycles. The van der Waals surface area contributed by atoms with E-state index in [-0.39, 0.29) is 12.5 Å². The van der Waals surface area contributed by atoms with E-state index in [0.29, 0.717) is 10.9 Å². The number of aryl methyl sites for hydroxylation is 3. The zero-order valence-electron chi connectivity index (χ0n) is 13.3. The number of fused-ring (bicyclic) bond motifs is 1. The Balaban J connectivity index is 1.67. The molecule has 3 rings (SSSR count). The van der Waals surface area contributed by atoms with Crippen molar-refractivity contribution in [2.24, 2.45) is 0 Å². The fourth-order valence-corrected chi connectivity index (χ4v) is 3.28. The van der Waals surface area contributed by atoms with Crippen LogP contribution in [0.5, 0.6) is 5.75 Å². The fourth-order valence-electron chi connectivity index (χ4n) is 2.25. The number of hydrogen-bond acceptors (Lipinski definition) is 4. The number of ether oxygens (including phenoxy) is 1. The summed E-state index contributed by atoms with van der Waals surface area (Å²) >= 11 is 1.49. The van der Waals surface area contributed by atoms with Gasteiger partial charge in [-0.1, -0.05) is 41.2 Å². The topological polar surface area (TPSA) is 51.2 Å². The quantitative estimate of drug-likeness (QED) is 0.780. The molecule has 3 aromatic rings. The molecule has 1 heterocycles. The van der Waals surface area contributed by atoms with Gasteiger partial charge < -0.3 is 4.74 Å². The molecule has 0 aliphatic rings. The fraction of sp³-hybridized carbons (Fsp3) is 0.222. The summed E-state index contributed by atoms with van der Waals surface area (Å²) in [6, 6.07) is 11.7. The van der Waals surface area contributed by atoms with Crippen molar-refractivity contribution in [2.45, 2.75) is 20.8 Å². The van der Waals surface area contributed by atoms with E-state index >= 15 is 0 Å². The van der Waals surface area contributed by atoms with Gasteiger partial charge in [0.1, 0.15) is 5.75 Å². The normalized spacial score (nSPS) is 10.7. The van der Waals surface area contributed by atoms with E-state index in [0.717, 1.165) is 21.3 Å². The summed E-state index contributed by atoms with van der Waals surface area (Å²) in [5.74, 6) is 0.474. The SMILES string of the molecule is Cc1ccc(OCC(=O)Nc2nc3c(C)ccc(C)c3s2)cc1. The second kappa shape index (κ2) is 6.38. The van der Waals surface area contributed by atoms with Crippen molar-refractivity contribution in [1.82, 2.24) is 4.98 Å². The van der Waals surface area contributed by atoms with Crippen molar-refractivity contribution < 1.29 is 9.53 Å². The standard InChI is InChI=1S/C18H18N2O2S/c1-11-4-8-14(9-5-11)22-10-15(21)19-18-20-16-12(2)6-7-13(3)17(16)23-18/h4-9H,10H2,1-3H3,(H,19,20,21). The van der Waals surface area contributed by atoms with Gasteiger partial charge in [-0.15, -0.1) is 0 Å². The molecule has 4 nitrogen and oxygen atoms in total. The van der Waals surface area contributed by atoms with Crippen molar-refractivity contribution in [3.05, 3.63) is 53.1 Å². The molecule has 118 valence electrons. The lowest BCUT2D eigenvalue weighted by Gasteiger charge is -2.05. The second-order valence-corrected chi connectivity index (χ2v) is 6.55. The van der Waals surface area contributed by atoms with Crippen molar-refractivity contribution in [2.75, 3.05) is 11.9 Å². The number of thiazole rings is 1. The molecule has 0 fully saturated rings. The first-order valence-electron chi connectivity index (χ1n) is 7.39. The van der Waals surface area contributed by atoms with Crippen LogP contribution >= 0.6 is 11.3 Å². The molecule has 1 aromatic heterocycles. The van der Waals surface area contributed by atoms with Gasteiger partial charge in [0.25, 0.3) is 5.91 Å². The Labute approximate surface area is 139 Å². The van der Waals surface area contributed by atoms with Gasteiger partial charge in [-0.2, -0.15) is 0 Å². The Hall–Kier alpha value is -2.40. The predicted molar refractivity (Wildman–Crippen MR) is 94.4 cm³/mol. The van der Waals surface area contributed by atoms with Gasteiger partial charge in [0.05, 0.1) is 10.2 Å². The van der Waals surface area contributed by atoms with E-state index in [2.05, 4.69) is 16.4 Å². The van der Waals surface area contributed by atoms with Crippen molar-refractivity contribution in [3.8, 4) is 5.75 Å². The minimum Gasteiger partial charge on any atom is -0.484 e. The Morgan fingerprint density at radius 2 is 1.78 bits per heavy atom. The molecule has 0 bridgehead atoms. The third kappa shape index (κ3) is 3.51. The van der Waals surface area contributed by atoms with Crippen LogP contribution in [0.2, 0.25) is 0 Å². The van der Waals surface area contributed by atoms with Gasteiger partial charge in [0.15, 0.2) is 11.7 Å². The summed E-state index contributed by atoms with van der Waals surface area (Å²) in [5.41, 5.74) is 4.38. The van der Waals surface area contributed by atoms with Crippen LogP contribution in [0.15, 0.2) is 36.4 Å². The van der Waals surface area contributed by atoms with E-state index in [1.807, 2.05) is 51.1 Å². The first-order valence-corrected chi connectivity index (χ1v) is 8.20. The monoisotopic (exact) mass is 326 g/mol. The lowest BCUT2D eigenvalue weighted by Crippen LogP contribution is -2.19. The third-order valence-electron chi connectivity index (χ3n) is 3.58. The number of carbonyl (C=O) groups is 1. The number of nitrogens with one attached hydrogen (secondary N) is 1. The third-order valence-corrected chi connectivity index (χ3v) is 4.69. The van der Waals surface area contributed by atoms with Crippen molar-refractivity contribution in [3.63, 3.8) is 0 Å². The highest BCUT2D eigenvalue weighted by molar-refractivity contribution is 7.22. The highest BCUT2D eigenvalue weighted by Gasteiger charge is 2.11. The molecular weight excluding hydrogens is 308 g/mol. The number of benzene rings is 2. The highest BCUT2D eigenvalue weighted by Crippen LogP contribution is 2.30. The number of nitrogens with zero attached hydrogens (tertiary/aromatic N) is 1. The first kappa shape index (κ1) is 15.5. The van der Waals surface area contributed by atoms with E-state index in [9.17, 15) is 4.79 Å². The average molecular weight is 326 g/mol. The van der Waals surface area contributed by atoms with Crippen LogP contribution in [0, 0.1) is 20.8 Å². The van der Waals surface area contributed by atoms with Gasteiger partial charge in [0.2, 0.25) is 0 Å². The number of rotatable bonds is 4. The van der Waals surface area contributed by atoms with Crippen LogP contribution in [-0.2, 0) is 4.79 Å². The van der Waals surface area contributed by atoms with Crippen LogP contribution in [-0.4, -0.2) is 17.5 Å². The van der Waals surface area contributed by atoms with Crippen LogP contribution in [0.4, 0.5) is 5.13 Å². The first-order chi connectivity index (χ1) is 11.0. The molecule has 0 saturated carbocycles. The number of anilines is 1. The number of hydrogen-bond donors (Lipinski definition) is 1. The molecule has 0 saturated heterocycles. The van der Waals surface area contributed by atoms with Crippen LogP contribution in [0.3, 0.4) is 0 Å². The molecule has 1 amide bonds. The molecule has 0 radical (unpaired) electrons. The number of carbonyl (C=O) groups excluding carboxylic acids is 1. The van der Waals surface area contributed by atoms with Crippen LogP contribution in [0.1, 0.15) is 16.7 Å². The second-order valence-electron chi connectivity index (χ2n) is 5.55. The van der Waals surface area contributed by atoms with Crippen LogP contribution < -0.4 is 10.1 Å². The summed E-state index contributed by atoms with van der Waals surface area (Å²) in [4.78, 5) is 16.5. The van der Waals surface area contributed by atoms with Gasteiger partial charge >= 0.3 is 0 Å². The summed E-state index contributed by atoms with van der Waals surface area (Å²) in [6.45, 7) is 6.05. The molecule has 1 N–H and O–H groups in total. The molecular formula is C18H18N2O2S. The Kier molecular flexibility index (Phi) is 4.30. The maximum absolute atomic E-state index is 12.0. The lowest BCUT2D eigenvalue weighted by atomic mass is 10.1. The summed E-state index contributed by atoms with van der Waals surface area (Å²) in [6.07, 6.45) is 0. The van der Waals surface area contributed by atoms with E-state index in [1.54, 1.807) is 0 Å². The minimum atomic E-state index is -0.208. The molecule has 0 aliphatic carbocycles. The van der Waals surface area contributed by atoms with Gasteiger partial charge in [-0.05, 0) is 44.0 Å². The largest absolute Gasteiger partial charge is 0.484 e. The molecule has 5 heteroatoms. The Morgan fingerprint density at radius 1 is 1.09 bits per heavy atom. The lowest BCUT2D eigenvalue weighted by molar-refractivity contribution is -0.118. The van der Waals surface area contributed by atoms with E-state index in [4.69, 9.17) is 4.74 Å². The molecule has 0 spiro atoms.